The molecule has 0 aliphatic heterocycles. The molecule has 1 aromatic rings. The Hall–Kier alpha value is -0.620. The molecular weight excluding hydrogens is 284 g/mol. The average molecular weight is 303 g/mol. The molecule has 19 heavy (non-hydrogen) atoms. The molecule has 2 rings (SSSR count). The minimum Gasteiger partial charge on any atom is -0.328 e. The largest absolute Gasteiger partial charge is 0.328 e. The first-order valence-electron chi connectivity index (χ1n) is 6.42. The van der Waals surface area contributed by atoms with Crippen LogP contribution in [0.1, 0.15) is 31.2 Å². The van der Waals surface area contributed by atoms with Crippen LogP contribution in [-0.4, -0.2) is 20.5 Å². The number of benzene rings is 1. The van der Waals surface area contributed by atoms with Crippen molar-refractivity contribution in [2.24, 2.45) is 5.73 Å². The lowest BCUT2D eigenvalue weighted by atomic mass is 9.93. The summed E-state index contributed by atoms with van der Waals surface area (Å²) in [6.07, 6.45) is 3.31. The van der Waals surface area contributed by atoms with Gasteiger partial charge < -0.3 is 5.73 Å². The van der Waals surface area contributed by atoms with E-state index in [4.69, 9.17) is 17.3 Å². The molecule has 1 aromatic carbocycles. The van der Waals surface area contributed by atoms with Gasteiger partial charge in [-0.05, 0) is 50.3 Å². The van der Waals surface area contributed by atoms with E-state index in [9.17, 15) is 8.42 Å². The van der Waals surface area contributed by atoms with Crippen LogP contribution in [0.2, 0.25) is 5.02 Å². The van der Waals surface area contributed by atoms with Crippen molar-refractivity contribution in [3.63, 3.8) is 0 Å². The molecule has 106 valence electrons. The Kier molecular flexibility index (Phi) is 4.50. The van der Waals surface area contributed by atoms with Gasteiger partial charge in [0.25, 0.3) is 0 Å². The lowest BCUT2D eigenvalue weighted by Gasteiger charge is -2.26. The summed E-state index contributed by atoms with van der Waals surface area (Å²) >= 11 is 5.97. The molecule has 0 radical (unpaired) electrons. The van der Waals surface area contributed by atoms with Crippen molar-refractivity contribution in [1.29, 1.82) is 0 Å². The SMILES string of the molecule is Cc1ccc(S(=O)(=O)NC2CCC(N)CC2)cc1Cl. The van der Waals surface area contributed by atoms with Crippen molar-refractivity contribution in [1.82, 2.24) is 4.72 Å². The summed E-state index contributed by atoms with van der Waals surface area (Å²) in [5, 5.41) is 0.466. The van der Waals surface area contributed by atoms with E-state index in [-0.39, 0.29) is 17.0 Å². The van der Waals surface area contributed by atoms with Gasteiger partial charge in [-0.2, -0.15) is 0 Å². The summed E-state index contributed by atoms with van der Waals surface area (Å²) in [4.78, 5) is 0.220. The Morgan fingerprint density at radius 2 is 1.89 bits per heavy atom. The zero-order valence-corrected chi connectivity index (χ0v) is 12.5. The van der Waals surface area contributed by atoms with Crippen LogP contribution in [-0.2, 0) is 10.0 Å². The molecule has 0 aromatic heterocycles. The molecule has 0 saturated heterocycles. The number of sulfonamides is 1. The van der Waals surface area contributed by atoms with Gasteiger partial charge in [-0.25, -0.2) is 13.1 Å². The van der Waals surface area contributed by atoms with Crippen LogP contribution in [0.3, 0.4) is 0 Å². The number of nitrogens with one attached hydrogen (secondary N) is 1. The van der Waals surface area contributed by atoms with E-state index in [1.165, 1.54) is 6.07 Å². The maximum Gasteiger partial charge on any atom is 0.240 e. The van der Waals surface area contributed by atoms with Crippen molar-refractivity contribution in [2.45, 2.75) is 49.6 Å². The normalized spacial score (nSPS) is 24.4. The molecule has 0 spiro atoms. The van der Waals surface area contributed by atoms with Crippen LogP contribution in [0.25, 0.3) is 0 Å². The minimum absolute atomic E-state index is 0.0233. The Morgan fingerprint density at radius 1 is 1.26 bits per heavy atom. The number of aryl methyl sites for hydroxylation is 1. The summed E-state index contributed by atoms with van der Waals surface area (Å²) in [7, 11) is -3.49. The smallest absolute Gasteiger partial charge is 0.240 e. The molecule has 6 heteroatoms. The van der Waals surface area contributed by atoms with E-state index in [2.05, 4.69) is 4.72 Å². The fraction of sp³-hybridized carbons (Fsp3) is 0.538. The summed E-state index contributed by atoms with van der Waals surface area (Å²) in [5.41, 5.74) is 6.68. The second kappa shape index (κ2) is 5.79. The zero-order chi connectivity index (χ0) is 14.0. The zero-order valence-electron chi connectivity index (χ0n) is 10.9. The molecule has 0 unspecified atom stereocenters. The van der Waals surface area contributed by atoms with Crippen LogP contribution < -0.4 is 10.5 Å². The fourth-order valence-corrected chi connectivity index (χ4v) is 3.84. The van der Waals surface area contributed by atoms with Crippen molar-refractivity contribution >= 4 is 21.6 Å². The summed E-state index contributed by atoms with van der Waals surface area (Å²) < 4.78 is 27.2. The third-order valence-electron chi connectivity index (χ3n) is 3.55. The molecular formula is C13H19ClN2O2S. The average Bonchev–Trinajstić information content (AvgIpc) is 2.35. The lowest BCUT2D eigenvalue weighted by Crippen LogP contribution is -2.40. The van der Waals surface area contributed by atoms with Gasteiger partial charge >= 0.3 is 0 Å². The van der Waals surface area contributed by atoms with E-state index in [0.717, 1.165) is 31.2 Å². The number of hydrogen-bond acceptors (Lipinski definition) is 3. The molecule has 3 N–H and O–H groups in total. The lowest BCUT2D eigenvalue weighted by molar-refractivity contribution is 0.373. The van der Waals surface area contributed by atoms with Gasteiger partial charge in [0.2, 0.25) is 10.0 Å². The first kappa shape index (κ1) is 14.8. The van der Waals surface area contributed by atoms with Gasteiger partial charge in [-0.3, -0.25) is 0 Å². The summed E-state index contributed by atoms with van der Waals surface area (Å²) in [5.74, 6) is 0. The molecule has 0 atom stereocenters. The van der Waals surface area contributed by atoms with Gasteiger partial charge in [0.05, 0.1) is 4.90 Å². The number of rotatable bonds is 3. The molecule has 0 amide bonds. The Morgan fingerprint density at radius 3 is 2.47 bits per heavy atom. The second-order valence-electron chi connectivity index (χ2n) is 5.14. The van der Waals surface area contributed by atoms with Gasteiger partial charge in [0.15, 0.2) is 0 Å². The fourth-order valence-electron chi connectivity index (χ4n) is 2.27. The van der Waals surface area contributed by atoms with Crippen molar-refractivity contribution < 1.29 is 8.42 Å². The van der Waals surface area contributed by atoms with E-state index in [1.54, 1.807) is 12.1 Å². The Bertz CT molecular complexity index is 552. The molecule has 1 saturated carbocycles. The van der Waals surface area contributed by atoms with Crippen LogP contribution in [0.15, 0.2) is 23.1 Å². The van der Waals surface area contributed by atoms with Crippen LogP contribution >= 0.6 is 11.6 Å². The molecule has 1 aliphatic carbocycles. The highest BCUT2D eigenvalue weighted by atomic mass is 35.5. The van der Waals surface area contributed by atoms with E-state index in [1.807, 2.05) is 6.92 Å². The highest BCUT2D eigenvalue weighted by Crippen LogP contribution is 2.22. The van der Waals surface area contributed by atoms with Crippen molar-refractivity contribution in [3.05, 3.63) is 28.8 Å². The Labute approximate surface area is 119 Å². The highest BCUT2D eigenvalue weighted by Gasteiger charge is 2.24. The van der Waals surface area contributed by atoms with Crippen LogP contribution in [0, 0.1) is 6.92 Å². The topological polar surface area (TPSA) is 72.2 Å². The quantitative estimate of drug-likeness (QED) is 0.899. The molecule has 0 bridgehead atoms. The van der Waals surface area contributed by atoms with Gasteiger partial charge in [0, 0.05) is 17.1 Å². The van der Waals surface area contributed by atoms with E-state index in [0.29, 0.717) is 5.02 Å². The number of hydrogen-bond donors (Lipinski definition) is 2. The van der Waals surface area contributed by atoms with E-state index >= 15 is 0 Å². The molecule has 1 fully saturated rings. The van der Waals surface area contributed by atoms with Gasteiger partial charge in [0.1, 0.15) is 0 Å². The first-order valence-corrected chi connectivity index (χ1v) is 8.28. The second-order valence-corrected chi connectivity index (χ2v) is 7.27. The van der Waals surface area contributed by atoms with Gasteiger partial charge in [-0.1, -0.05) is 17.7 Å². The first-order chi connectivity index (χ1) is 8.88. The van der Waals surface area contributed by atoms with Crippen molar-refractivity contribution in [3.8, 4) is 0 Å². The molecule has 4 nitrogen and oxygen atoms in total. The van der Waals surface area contributed by atoms with Gasteiger partial charge in [-0.15, -0.1) is 0 Å². The van der Waals surface area contributed by atoms with E-state index < -0.39 is 10.0 Å². The maximum absolute atomic E-state index is 12.2. The molecule has 0 heterocycles. The number of halogens is 1. The molecule has 1 aliphatic rings. The standard InChI is InChI=1S/C13H19ClN2O2S/c1-9-2-7-12(8-13(9)14)19(17,18)16-11-5-3-10(15)4-6-11/h2,7-8,10-11,16H,3-6,15H2,1H3. The highest BCUT2D eigenvalue weighted by molar-refractivity contribution is 7.89. The van der Waals surface area contributed by atoms with Crippen molar-refractivity contribution in [2.75, 3.05) is 0 Å². The monoisotopic (exact) mass is 302 g/mol. The third-order valence-corrected chi connectivity index (χ3v) is 5.47. The summed E-state index contributed by atoms with van der Waals surface area (Å²) in [6, 6.07) is 4.97. The van der Waals surface area contributed by atoms with Crippen LogP contribution in [0.4, 0.5) is 0 Å². The predicted octanol–water partition coefficient (Wildman–Crippen LogP) is 2.20. The number of nitrogens with two attached hydrogens (primary N) is 1. The maximum atomic E-state index is 12.2. The minimum atomic E-state index is -3.49. The van der Waals surface area contributed by atoms with Crippen LogP contribution in [0.5, 0.6) is 0 Å². The Balaban J connectivity index is 2.11. The predicted molar refractivity (Wildman–Crippen MR) is 76.7 cm³/mol. The summed E-state index contributed by atoms with van der Waals surface area (Å²) in [6.45, 7) is 1.84. The third kappa shape index (κ3) is 3.69.